The number of amides is 1. The Morgan fingerprint density at radius 1 is 1.16 bits per heavy atom. The Labute approximate surface area is 234 Å². The lowest BCUT2D eigenvalue weighted by Gasteiger charge is -2.10. The van der Waals surface area contributed by atoms with E-state index in [1.54, 1.807) is 25.1 Å². The van der Waals surface area contributed by atoms with E-state index in [0.29, 0.717) is 43.9 Å². The lowest BCUT2D eigenvalue weighted by molar-refractivity contribution is -0.113. The summed E-state index contributed by atoms with van der Waals surface area (Å²) in [6.07, 6.45) is 5.00. The van der Waals surface area contributed by atoms with Gasteiger partial charge in [0.05, 0.1) is 22.9 Å². The number of aryl methyl sites for hydroxylation is 1. The van der Waals surface area contributed by atoms with Gasteiger partial charge in [-0.25, -0.2) is 4.79 Å². The van der Waals surface area contributed by atoms with Gasteiger partial charge in [-0.2, -0.15) is 0 Å². The van der Waals surface area contributed by atoms with Gasteiger partial charge < -0.3 is 19.4 Å². The number of thiophene rings is 1. The van der Waals surface area contributed by atoms with Gasteiger partial charge >= 0.3 is 5.97 Å². The van der Waals surface area contributed by atoms with Crippen molar-refractivity contribution in [3.63, 3.8) is 0 Å². The van der Waals surface area contributed by atoms with Crippen LogP contribution in [0, 0.1) is 0 Å². The van der Waals surface area contributed by atoms with Crippen LogP contribution in [0.25, 0.3) is 0 Å². The zero-order chi connectivity index (χ0) is 26.4. The summed E-state index contributed by atoms with van der Waals surface area (Å²) in [5, 5.41) is 13.5. The number of anilines is 1. The molecule has 1 aliphatic rings. The molecule has 37 heavy (non-hydrogen) atoms. The van der Waals surface area contributed by atoms with E-state index in [2.05, 4.69) is 15.5 Å². The molecule has 0 spiro atoms. The number of carbonyl (C=O) groups is 2. The first-order valence-electron chi connectivity index (χ1n) is 12.1. The fourth-order valence-electron chi connectivity index (χ4n) is 4.13. The van der Waals surface area contributed by atoms with Crippen LogP contribution in [0.15, 0.2) is 23.4 Å². The first kappa shape index (κ1) is 27.8. The molecule has 3 aromatic rings. The van der Waals surface area contributed by atoms with E-state index >= 15 is 0 Å². The number of fused-ring (bicyclic) bond motifs is 1. The Bertz CT molecular complexity index is 1280. The number of aromatic nitrogens is 3. The van der Waals surface area contributed by atoms with E-state index in [9.17, 15) is 9.59 Å². The Morgan fingerprint density at radius 3 is 2.73 bits per heavy atom. The second-order valence-corrected chi connectivity index (χ2v) is 11.2. The monoisotopic (exact) mass is 582 g/mol. The third-order valence-electron chi connectivity index (χ3n) is 5.85. The smallest absolute Gasteiger partial charge is 0.341 e. The molecule has 0 unspecified atom stereocenters. The number of nitrogens with one attached hydrogen (secondary N) is 1. The van der Waals surface area contributed by atoms with Gasteiger partial charge in [-0.3, -0.25) is 4.79 Å². The fraction of sp³-hybridized carbons (Fsp3) is 0.440. The second kappa shape index (κ2) is 13.0. The Balaban J connectivity index is 1.41. The number of thioether (sulfide) groups is 1. The highest BCUT2D eigenvalue weighted by Gasteiger charge is 2.27. The average molecular weight is 584 g/mol. The van der Waals surface area contributed by atoms with Crippen LogP contribution in [-0.4, -0.2) is 39.0 Å². The number of hydrogen-bond acceptors (Lipinski definition) is 8. The summed E-state index contributed by atoms with van der Waals surface area (Å²) in [4.78, 5) is 26.8. The highest BCUT2D eigenvalue weighted by molar-refractivity contribution is 7.99. The fourth-order valence-corrected chi connectivity index (χ4v) is 6.71. The number of carbonyl (C=O) groups excluding carboxylic acids is 2. The van der Waals surface area contributed by atoms with Gasteiger partial charge in [-0.05, 0) is 63.3 Å². The number of hydrogen-bond donors (Lipinski definition) is 1. The van der Waals surface area contributed by atoms with Crippen LogP contribution in [0.3, 0.4) is 0 Å². The molecular formula is C25H28Cl2N4O4S2. The van der Waals surface area contributed by atoms with Crippen LogP contribution in [0.5, 0.6) is 5.75 Å². The second-order valence-electron chi connectivity index (χ2n) is 8.33. The van der Waals surface area contributed by atoms with Gasteiger partial charge in [0.2, 0.25) is 5.91 Å². The number of ether oxygens (including phenoxy) is 2. The quantitative estimate of drug-likeness (QED) is 0.167. The molecule has 1 amide bonds. The molecule has 0 bridgehead atoms. The van der Waals surface area contributed by atoms with Crippen LogP contribution in [-0.2, 0) is 35.5 Å². The first-order valence-corrected chi connectivity index (χ1v) is 14.7. The molecule has 0 saturated carbocycles. The van der Waals surface area contributed by atoms with E-state index in [1.807, 2.05) is 11.5 Å². The van der Waals surface area contributed by atoms with Crippen molar-refractivity contribution in [3.05, 3.63) is 50.1 Å². The largest absolute Gasteiger partial charge is 0.484 e. The maximum atomic E-state index is 12.9. The van der Waals surface area contributed by atoms with Gasteiger partial charge in [-0.15, -0.1) is 21.5 Å². The molecule has 0 radical (unpaired) electrons. The predicted octanol–water partition coefficient (Wildman–Crippen LogP) is 6.42. The minimum Gasteiger partial charge on any atom is -0.484 e. The van der Waals surface area contributed by atoms with Gasteiger partial charge in [0.25, 0.3) is 0 Å². The summed E-state index contributed by atoms with van der Waals surface area (Å²) in [6.45, 7) is 4.81. The molecule has 0 atom stereocenters. The third kappa shape index (κ3) is 6.79. The van der Waals surface area contributed by atoms with Crippen LogP contribution in [0.4, 0.5) is 5.00 Å². The SMILES string of the molecule is CCOC(=O)c1c(NC(=O)CSc2nnc(COc3ccc(Cl)cc3Cl)n2CC)sc2c1CCCCC2. The molecule has 2 aromatic heterocycles. The highest BCUT2D eigenvalue weighted by atomic mass is 35.5. The van der Waals surface area contributed by atoms with E-state index < -0.39 is 0 Å². The maximum absolute atomic E-state index is 12.9. The Morgan fingerprint density at radius 2 is 1.97 bits per heavy atom. The number of esters is 1. The van der Waals surface area contributed by atoms with E-state index in [-0.39, 0.29) is 30.8 Å². The number of nitrogens with zero attached hydrogens (tertiary/aromatic N) is 3. The van der Waals surface area contributed by atoms with E-state index in [4.69, 9.17) is 32.7 Å². The van der Waals surface area contributed by atoms with Crippen molar-refractivity contribution >= 4 is 63.2 Å². The van der Waals surface area contributed by atoms with Crippen molar-refractivity contribution in [2.45, 2.75) is 64.3 Å². The third-order valence-corrected chi connectivity index (χ3v) is 8.55. The van der Waals surface area contributed by atoms with Crippen molar-refractivity contribution < 1.29 is 19.1 Å². The van der Waals surface area contributed by atoms with Gasteiger partial charge in [0.1, 0.15) is 17.4 Å². The summed E-state index contributed by atoms with van der Waals surface area (Å²) >= 11 is 14.9. The lowest BCUT2D eigenvalue weighted by atomic mass is 10.1. The number of halogens is 2. The standard InChI is InChI=1S/C25H28Cl2N4O4S2/c1-3-31-20(13-35-18-11-10-15(26)12-17(18)27)29-30-25(31)36-14-21(32)28-23-22(24(33)34-4-2)16-8-6-5-7-9-19(16)37-23/h10-12H,3-9,13-14H2,1-2H3,(H,28,32). The summed E-state index contributed by atoms with van der Waals surface area (Å²) in [6, 6.07) is 5.01. The van der Waals surface area contributed by atoms with Crippen molar-refractivity contribution in [1.82, 2.24) is 14.8 Å². The van der Waals surface area contributed by atoms with Crippen LogP contribution >= 0.6 is 46.3 Å². The molecule has 12 heteroatoms. The van der Waals surface area contributed by atoms with Crippen LogP contribution in [0.1, 0.15) is 59.7 Å². The molecule has 8 nitrogen and oxygen atoms in total. The molecule has 1 aliphatic carbocycles. The molecular weight excluding hydrogens is 555 g/mol. The average Bonchev–Trinajstić information content (AvgIpc) is 3.34. The van der Waals surface area contributed by atoms with E-state index in [0.717, 1.165) is 37.7 Å². The molecule has 0 saturated heterocycles. The predicted molar refractivity (Wildman–Crippen MR) is 147 cm³/mol. The molecule has 0 aliphatic heterocycles. The van der Waals surface area contributed by atoms with Gasteiger partial charge in [0.15, 0.2) is 11.0 Å². The topological polar surface area (TPSA) is 95.3 Å². The van der Waals surface area contributed by atoms with Crippen molar-refractivity contribution in [2.24, 2.45) is 0 Å². The molecule has 198 valence electrons. The summed E-state index contributed by atoms with van der Waals surface area (Å²) < 4.78 is 13.0. The number of benzene rings is 1. The molecule has 2 heterocycles. The maximum Gasteiger partial charge on any atom is 0.341 e. The van der Waals surface area contributed by atoms with Crippen molar-refractivity contribution in [2.75, 3.05) is 17.7 Å². The van der Waals surface area contributed by atoms with Crippen molar-refractivity contribution in [1.29, 1.82) is 0 Å². The summed E-state index contributed by atoms with van der Waals surface area (Å²) in [5.74, 6) is 0.636. The van der Waals surface area contributed by atoms with E-state index in [1.165, 1.54) is 28.0 Å². The van der Waals surface area contributed by atoms with Crippen LogP contribution in [0.2, 0.25) is 10.0 Å². The zero-order valence-electron chi connectivity index (χ0n) is 20.6. The first-order chi connectivity index (χ1) is 17.9. The summed E-state index contributed by atoms with van der Waals surface area (Å²) in [7, 11) is 0. The van der Waals surface area contributed by atoms with Crippen LogP contribution < -0.4 is 10.1 Å². The Hall–Kier alpha value is -2.27. The Kier molecular flexibility index (Phi) is 9.75. The molecule has 1 aromatic carbocycles. The minimum absolute atomic E-state index is 0.118. The molecule has 4 rings (SSSR count). The highest BCUT2D eigenvalue weighted by Crippen LogP contribution is 2.38. The van der Waals surface area contributed by atoms with Gasteiger partial charge in [0, 0.05) is 16.4 Å². The minimum atomic E-state index is -0.374. The normalized spacial score (nSPS) is 13.1. The van der Waals surface area contributed by atoms with Gasteiger partial charge in [-0.1, -0.05) is 41.4 Å². The molecule has 0 fully saturated rings. The zero-order valence-corrected chi connectivity index (χ0v) is 23.8. The number of rotatable bonds is 10. The van der Waals surface area contributed by atoms with Crippen molar-refractivity contribution in [3.8, 4) is 5.75 Å². The summed E-state index contributed by atoms with van der Waals surface area (Å²) in [5.41, 5.74) is 1.54. The molecule has 1 N–H and O–H groups in total. The lowest BCUT2D eigenvalue weighted by Crippen LogP contribution is -2.17.